The molecular formula is C12H22N4O2. The molecule has 0 aliphatic carbocycles. The highest BCUT2D eigenvalue weighted by Crippen LogP contribution is 2.17. The van der Waals surface area contributed by atoms with Crippen molar-refractivity contribution in [3.05, 3.63) is 11.9 Å². The van der Waals surface area contributed by atoms with E-state index in [1.807, 2.05) is 13.8 Å². The summed E-state index contributed by atoms with van der Waals surface area (Å²) in [5.41, 5.74) is -1.16. The van der Waals surface area contributed by atoms with Gasteiger partial charge in [0.2, 0.25) is 0 Å². The molecule has 0 radical (unpaired) electrons. The molecule has 0 saturated heterocycles. The second kappa shape index (κ2) is 5.97. The number of aliphatic hydroxyl groups is 2. The number of nitrogens with zero attached hydrogens (tertiary/aromatic N) is 2. The molecule has 18 heavy (non-hydrogen) atoms. The maximum Gasteiger partial charge on any atom is 0.135 e. The van der Waals surface area contributed by atoms with Gasteiger partial charge in [-0.1, -0.05) is 13.8 Å². The van der Waals surface area contributed by atoms with E-state index < -0.39 is 5.60 Å². The highest BCUT2D eigenvalue weighted by atomic mass is 16.3. The van der Waals surface area contributed by atoms with Crippen LogP contribution in [0.1, 0.15) is 32.5 Å². The van der Waals surface area contributed by atoms with Gasteiger partial charge in [-0.2, -0.15) is 0 Å². The van der Waals surface area contributed by atoms with Crippen molar-refractivity contribution >= 4 is 11.6 Å². The van der Waals surface area contributed by atoms with Gasteiger partial charge in [-0.3, -0.25) is 0 Å². The van der Waals surface area contributed by atoms with Crippen molar-refractivity contribution in [2.75, 3.05) is 30.8 Å². The van der Waals surface area contributed by atoms with Gasteiger partial charge in [0.25, 0.3) is 0 Å². The van der Waals surface area contributed by atoms with Crippen LogP contribution in [-0.2, 0) is 0 Å². The number of anilines is 2. The Morgan fingerprint density at radius 3 is 2.44 bits per heavy atom. The number of aromatic nitrogens is 2. The minimum atomic E-state index is -1.16. The molecule has 1 aromatic heterocycles. The average Bonchev–Trinajstić information content (AvgIpc) is 2.36. The van der Waals surface area contributed by atoms with Crippen LogP contribution >= 0.6 is 0 Å². The van der Waals surface area contributed by atoms with E-state index in [4.69, 9.17) is 5.11 Å². The summed E-state index contributed by atoms with van der Waals surface area (Å²) in [5.74, 6) is 2.30. The predicted octanol–water partition coefficient (Wildman–Crippen LogP) is 0.797. The van der Waals surface area contributed by atoms with E-state index in [0.717, 1.165) is 11.6 Å². The fraction of sp³-hybridized carbons (Fsp3) is 0.667. The number of hydrogen-bond acceptors (Lipinski definition) is 6. The topological polar surface area (TPSA) is 90.3 Å². The minimum absolute atomic E-state index is 0.220. The smallest absolute Gasteiger partial charge is 0.135 e. The van der Waals surface area contributed by atoms with E-state index in [0.29, 0.717) is 5.82 Å². The van der Waals surface area contributed by atoms with Crippen molar-refractivity contribution in [2.24, 2.45) is 0 Å². The maximum atomic E-state index is 9.72. The lowest BCUT2D eigenvalue weighted by molar-refractivity contribution is 0.0131. The van der Waals surface area contributed by atoms with E-state index in [-0.39, 0.29) is 19.1 Å². The molecule has 1 aromatic rings. The molecule has 1 atom stereocenters. The summed E-state index contributed by atoms with van der Waals surface area (Å²) in [6.45, 7) is 5.51. The van der Waals surface area contributed by atoms with Gasteiger partial charge in [-0.05, 0) is 6.92 Å². The van der Waals surface area contributed by atoms with Gasteiger partial charge < -0.3 is 20.8 Å². The maximum absolute atomic E-state index is 9.72. The van der Waals surface area contributed by atoms with Gasteiger partial charge in [-0.25, -0.2) is 9.97 Å². The second-order valence-electron chi connectivity index (χ2n) is 4.91. The molecule has 6 heteroatoms. The first kappa shape index (κ1) is 14.7. The van der Waals surface area contributed by atoms with Crippen LogP contribution in [0.25, 0.3) is 0 Å². The van der Waals surface area contributed by atoms with Crippen LogP contribution < -0.4 is 10.6 Å². The molecule has 0 aliphatic rings. The third kappa shape index (κ3) is 4.12. The fourth-order valence-corrected chi connectivity index (χ4v) is 1.28. The van der Waals surface area contributed by atoms with Crippen molar-refractivity contribution in [1.82, 2.24) is 9.97 Å². The molecule has 6 nitrogen and oxygen atoms in total. The number of aliphatic hydroxyl groups excluding tert-OH is 1. The quantitative estimate of drug-likeness (QED) is 0.600. The fourth-order valence-electron chi connectivity index (χ4n) is 1.28. The van der Waals surface area contributed by atoms with Crippen LogP contribution in [-0.4, -0.2) is 46.0 Å². The molecule has 0 spiro atoms. The van der Waals surface area contributed by atoms with Crippen molar-refractivity contribution < 1.29 is 10.2 Å². The van der Waals surface area contributed by atoms with Crippen LogP contribution in [0.4, 0.5) is 11.6 Å². The molecule has 4 N–H and O–H groups in total. The molecule has 102 valence electrons. The van der Waals surface area contributed by atoms with Gasteiger partial charge in [0.1, 0.15) is 23.1 Å². The Morgan fingerprint density at radius 1 is 1.33 bits per heavy atom. The van der Waals surface area contributed by atoms with Gasteiger partial charge >= 0.3 is 0 Å². The summed E-state index contributed by atoms with van der Waals surface area (Å²) in [6, 6.07) is 1.76. The summed E-state index contributed by atoms with van der Waals surface area (Å²) in [4.78, 5) is 8.71. The largest absolute Gasteiger partial charge is 0.393 e. The zero-order chi connectivity index (χ0) is 13.8. The molecular weight excluding hydrogens is 232 g/mol. The van der Waals surface area contributed by atoms with Gasteiger partial charge in [-0.15, -0.1) is 0 Å². The standard InChI is InChI=1S/C12H22N4O2/c1-8(2)11-15-9(13-4)5-10(16-11)14-6-12(3,18)7-17/h5,8,17-18H,6-7H2,1-4H3,(H2,13,14,15,16). The van der Waals surface area contributed by atoms with Crippen LogP contribution in [0.2, 0.25) is 0 Å². The van der Waals surface area contributed by atoms with Crippen LogP contribution in [0.15, 0.2) is 6.07 Å². The first-order valence-corrected chi connectivity index (χ1v) is 6.02. The molecule has 0 bridgehead atoms. The summed E-state index contributed by atoms with van der Waals surface area (Å²) in [7, 11) is 1.79. The normalized spacial score (nSPS) is 14.4. The zero-order valence-corrected chi connectivity index (χ0v) is 11.4. The lowest BCUT2D eigenvalue weighted by Crippen LogP contribution is -2.37. The van der Waals surface area contributed by atoms with Gasteiger partial charge in [0, 0.05) is 25.6 Å². The lowest BCUT2D eigenvalue weighted by Gasteiger charge is -2.21. The molecule has 0 saturated carbocycles. The summed E-state index contributed by atoms with van der Waals surface area (Å²) in [6.07, 6.45) is 0. The Hall–Kier alpha value is -1.40. The van der Waals surface area contributed by atoms with Crippen molar-refractivity contribution in [2.45, 2.75) is 32.3 Å². The monoisotopic (exact) mass is 254 g/mol. The molecule has 0 aromatic carbocycles. The van der Waals surface area contributed by atoms with E-state index in [2.05, 4.69) is 20.6 Å². The van der Waals surface area contributed by atoms with Crippen LogP contribution in [0.3, 0.4) is 0 Å². The molecule has 0 fully saturated rings. The summed E-state index contributed by atoms with van der Waals surface area (Å²) < 4.78 is 0. The van der Waals surface area contributed by atoms with E-state index >= 15 is 0 Å². The predicted molar refractivity (Wildman–Crippen MR) is 71.9 cm³/mol. The van der Waals surface area contributed by atoms with Crippen LogP contribution in [0, 0.1) is 0 Å². The third-order valence-electron chi connectivity index (χ3n) is 2.51. The molecule has 1 heterocycles. The Labute approximate surface area is 107 Å². The van der Waals surface area contributed by atoms with Gasteiger partial charge in [0.15, 0.2) is 0 Å². The van der Waals surface area contributed by atoms with E-state index in [1.165, 1.54) is 0 Å². The van der Waals surface area contributed by atoms with Crippen LogP contribution in [0.5, 0.6) is 0 Å². The Balaban J connectivity index is 2.85. The van der Waals surface area contributed by atoms with Crippen molar-refractivity contribution in [1.29, 1.82) is 0 Å². The van der Waals surface area contributed by atoms with Gasteiger partial charge in [0.05, 0.1) is 6.61 Å². The third-order valence-corrected chi connectivity index (χ3v) is 2.51. The summed E-state index contributed by atoms with van der Waals surface area (Å²) >= 11 is 0. The Kier molecular flexibility index (Phi) is 4.86. The van der Waals surface area contributed by atoms with E-state index in [1.54, 1.807) is 20.0 Å². The average molecular weight is 254 g/mol. The number of nitrogens with one attached hydrogen (secondary N) is 2. The summed E-state index contributed by atoms with van der Waals surface area (Å²) in [5, 5.41) is 24.7. The molecule has 1 unspecified atom stereocenters. The number of hydrogen-bond donors (Lipinski definition) is 4. The SMILES string of the molecule is CNc1cc(NCC(C)(O)CO)nc(C(C)C)n1. The van der Waals surface area contributed by atoms with Crippen molar-refractivity contribution in [3.63, 3.8) is 0 Å². The Bertz CT molecular complexity index is 394. The first-order chi connectivity index (χ1) is 8.38. The minimum Gasteiger partial charge on any atom is -0.393 e. The Morgan fingerprint density at radius 2 is 1.94 bits per heavy atom. The zero-order valence-electron chi connectivity index (χ0n) is 11.4. The second-order valence-corrected chi connectivity index (χ2v) is 4.91. The highest BCUT2D eigenvalue weighted by molar-refractivity contribution is 5.47. The molecule has 0 aliphatic heterocycles. The first-order valence-electron chi connectivity index (χ1n) is 6.02. The number of rotatable bonds is 6. The lowest BCUT2D eigenvalue weighted by atomic mass is 10.1. The molecule has 0 amide bonds. The molecule has 1 rings (SSSR count). The van der Waals surface area contributed by atoms with Crippen molar-refractivity contribution in [3.8, 4) is 0 Å². The van der Waals surface area contributed by atoms with E-state index in [9.17, 15) is 5.11 Å². The highest BCUT2D eigenvalue weighted by Gasteiger charge is 2.19.